The van der Waals surface area contributed by atoms with Crippen molar-refractivity contribution in [1.29, 1.82) is 0 Å². The standard InChI is InChI=1S/C10H19NO.C2H6/c1-8(2)11-9(12)10(3)6-4-5-7-10;1-2/h8H,4-7H2,1-3H3,(H,11,12);1-2H3. The molecule has 0 atom stereocenters. The van der Waals surface area contributed by atoms with Gasteiger partial charge < -0.3 is 5.32 Å². The molecule has 0 heterocycles. The maximum absolute atomic E-state index is 11.7. The largest absolute Gasteiger partial charge is 0.353 e. The van der Waals surface area contributed by atoms with E-state index in [9.17, 15) is 4.79 Å². The first-order chi connectivity index (χ1) is 6.54. The van der Waals surface area contributed by atoms with E-state index in [2.05, 4.69) is 12.2 Å². The number of amides is 1. The van der Waals surface area contributed by atoms with E-state index in [-0.39, 0.29) is 17.4 Å². The van der Waals surface area contributed by atoms with Crippen molar-refractivity contribution in [1.82, 2.24) is 5.32 Å². The van der Waals surface area contributed by atoms with E-state index in [0.29, 0.717) is 0 Å². The normalized spacial score (nSPS) is 18.7. The van der Waals surface area contributed by atoms with E-state index < -0.39 is 0 Å². The SMILES string of the molecule is CC.CC(C)NC(=O)C1(C)CCCC1. The molecule has 2 nitrogen and oxygen atoms in total. The summed E-state index contributed by atoms with van der Waals surface area (Å²) in [7, 11) is 0. The fourth-order valence-electron chi connectivity index (χ4n) is 1.82. The third kappa shape index (κ3) is 3.69. The number of hydrogen-bond acceptors (Lipinski definition) is 1. The molecule has 1 rings (SSSR count). The summed E-state index contributed by atoms with van der Waals surface area (Å²) in [4.78, 5) is 11.7. The van der Waals surface area contributed by atoms with E-state index in [4.69, 9.17) is 0 Å². The van der Waals surface area contributed by atoms with Gasteiger partial charge in [0.15, 0.2) is 0 Å². The summed E-state index contributed by atoms with van der Waals surface area (Å²) in [5, 5.41) is 2.99. The van der Waals surface area contributed by atoms with Gasteiger partial charge >= 0.3 is 0 Å². The van der Waals surface area contributed by atoms with Crippen molar-refractivity contribution in [2.24, 2.45) is 5.41 Å². The van der Waals surface area contributed by atoms with E-state index in [1.807, 2.05) is 27.7 Å². The quantitative estimate of drug-likeness (QED) is 0.727. The van der Waals surface area contributed by atoms with Crippen LogP contribution in [0.25, 0.3) is 0 Å². The van der Waals surface area contributed by atoms with Crippen LogP contribution in [0.2, 0.25) is 0 Å². The summed E-state index contributed by atoms with van der Waals surface area (Å²) in [5.41, 5.74) is -0.0652. The number of nitrogens with one attached hydrogen (secondary N) is 1. The van der Waals surface area contributed by atoms with E-state index in [0.717, 1.165) is 12.8 Å². The van der Waals surface area contributed by atoms with Crippen LogP contribution in [0.3, 0.4) is 0 Å². The Morgan fingerprint density at radius 2 is 1.64 bits per heavy atom. The smallest absolute Gasteiger partial charge is 0.226 e. The topological polar surface area (TPSA) is 29.1 Å². The molecular formula is C12H25NO. The Morgan fingerprint density at radius 3 is 2.00 bits per heavy atom. The number of carbonyl (C=O) groups is 1. The van der Waals surface area contributed by atoms with Gasteiger partial charge in [-0.15, -0.1) is 0 Å². The molecule has 1 aliphatic carbocycles. The van der Waals surface area contributed by atoms with Crippen molar-refractivity contribution in [3.63, 3.8) is 0 Å². The Morgan fingerprint density at radius 1 is 1.21 bits per heavy atom. The molecule has 0 aliphatic heterocycles. The summed E-state index contributed by atoms with van der Waals surface area (Å²) in [6.07, 6.45) is 4.54. The predicted octanol–water partition coefficient (Wildman–Crippen LogP) is 3.12. The molecular weight excluding hydrogens is 174 g/mol. The Bertz CT molecular complexity index is 169. The third-order valence-corrected chi connectivity index (χ3v) is 2.68. The highest BCUT2D eigenvalue weighted by Gasteiger charge is 2.36. The number of carbonyl (C=O) groups excluding carboxylic acids is 1. The van der Waals surface area contributed by atoms with Crippen LogP contribution < -0.4 is 5.32 Å². The Hall–Kier alpha value is -0.530. The van der Waals surface area contributed by atoms with Crippen molar-refractivity contribution in [2.45, 2.75) is 66.3 Å². The predicted molar refractivity (Wildman–Crippen MR) is 61.2 cm³/mol. The lowest BCUT2D eigenvalue weighted by molar-refractivity contribution is -0.130. The molecule has 1 amide bonds. The van der Waals surface area contributed by atoms with Crippen LogP contribution >= 0.6 is 0 Å². The first-order valence-electron chi connectivity index (χ1n) is 5.85. The van der Waals surface area contributed by atoms with Gasteiger partial charge in [-0.3, -0.25) is 4.79 Å². The van der Waals surface area contributed by atoms with Gasteiger partial charge in [0.1, 0.15) is 0 Å². The summed E-state index contributed by atoms with van der Waals surface area (Å²) in [6, 6.07) is 0.273. The first-order valence-corrected chi connectivity index (χ1v) is 5.85. The molecule has 0 spiro atoms. The molecule has 0 unspecified atom stereocenters. The van der Waals surface area contributed by atoms with Crippen LogP contribution in [0.5, 0.6) is 0 Å². The molecule has 0 aromatic rings. The third-order valence-electron chi connectivity index (χ3n) is 2.68. The molecule has 0 radical (unpaired) electrons. The summed E-state index contributed by atoms with van der Waals surface area (Å²) in [6.45, 7) is 10.1. The van der Waals surface area contributed by atoms with Crippen molar-refractivity contribution in [3.05, 3.63) is 0 Å². The van der Waals surface area contributed by atoms with E-state index in [1.165, 1.54) is 12.8 Å². The Balaban J connectivity index is 0.000000791. The van der Waals surface area contributed by atoms with Crippen LogP contribution in [0, 0.1) is 5.41 Å². The molecule has 0 bridgehead atoms. The van der Waals surface area contributed by atoms with Gasteiger partial charge in [-0.25, -0.2) is 0 Å². The summed E-state index contributed by atoms with van der Waals surface area (Å²) in [5.74, 6) is 0.245. The van der Waals surface area contributed by atoms with E-state index >= 15 is 0 Å². The zero-order chi connectivity index (χ0) is 11.2. The molecule has 0 aromatic heterocycles. The molecule has 14 heavy (non-hydrogen) atoms. The van der Waals surface area contributed by atoms with Crippen LogP contribution in [-0.2, 0) is 4.79 Å². The molecule has 1 N–H and O–H groups in total. The Labute approximate surface area is 88.5 Å². The van der Waals surface area contributed by atoms with Crippen LogP contribution in [0.1, 0.15) is 60.3 Å². The average Bonchev–Trinajstić information content (AvgIpc) is 2.56. The lowest BCUT2D eigenvalue weighted by Crippen LogP contribution is -2.40. The van der Waals surface area contributed by atoms with Gasteiger partial charge in [0.25, 0.3) is 0 Å². The molecule has 2 heteroatoms. The monoisotopic (exact) mass is 199 g/mol. The first kappa shape index (κ1) is 13.5. The van der Waals surface area contributed by atoms with Gasteiger partial charge in [-0.05, 0) is 26.7 Å². The van der Waals surface area contributed by atoms with Gasteiger partial charge in [-0.2, -0.15) is 0 Å². The molecule has 1 saturated carbocycles. The zero-order valence-electron chi connectivity index (χ0n) is 10.3. The molecule has 0 saturated heterocycles. The number of hydrogen-bond donors (Lipinski definition) is 1. The highest BCUT2D eigenvalue weighted by Crippen LogP contribution is 2.37. The maximum atomic E-state index is 11.7. The van der Waals surface area contributed by atoms with Crippen LogP contribution in [-0.4, -0.2) is 11.9 Å². The molecule has 1 fully saturated rings. The van der Waals surface area contributed by atoms with Crippen molar-refractivity contribution in [3.8, 4) is 0 Å². The minimum Gasteiger partial charge on any atom is -0.353 e. The highest BCUT2D eigenvalue weighted by molar-refractivity contribution is 5.82. The Kier molecular flexibility index (Phi) is 5.82. The fourth-order valence-corrected chi connectivity index (χ4v) is 1.82. The second kappa shape index (κ2) is 6.05. The molecule has 84 valence electrons. The number of rotatable bonds is 2. The maximum Gasteiger partial charge on any atom is 0.226 e. The lowest BCUT2D eigenvalue weighted by atomic mass is 9.87. The van der Waals surface area contributed by atoms with Crippen LogP contribution in [0.15, 0.2) is 0 Å². The highest BCUT2D eigenvalue weighted by atomic mass is 16.2. The summed E-state index contributed by atoms with van der Waals surface area (Å²) < 4.78 is 0. The average molecular weight is 199 g/mol. The molecule has 0 aromatic carbocycles. The van der Waals surface area contributed by atoms with Crippen molar-refractivity contribution >= 4 is 5.91 Å². The van der Waals surface area contributed by atoms with Gasteiger partial charge in [0.05, 0.1) is 0 Å². The lowest BCUT2D eigenvalue weighted by Gasteiger charge is -2.23. The second-order valence-electron chi connectivity index (χ2n) is 4.40. The van der Waals surface area contributed by atoms with E-state index in [1.54, 1.807) is 0 Å². The minimum atomic E-state index is -0.0652. The second-order valence-corrected chi connectivity index (χ2v) is 4.40. The fraction of sp³-hybridized carbons (Fsp3) is 0.917. The van der Waals surface area contributed by atoms with Gasteiger partial charge in [0, 0.05) is 11.5 Å². The zero-order valence-corrected chi connectivity index (χ0v) is 10.3. The van der Waals surface area contributed by atoms with Crippen LogP contribution in [0.4, 0.5) is 0 Å². The summed E-state index contributed by atoms with van der Waals surface area (Å²) >= 11 is 0. The minimum absolute atomic E-state index is 0.0652. The molecule has 1 aliphatic rings. The van der Waals surface area contributed by atoms with Crippen molar-refractivity contribution in [2.75, 3.05) is 0 Å². The van der Waals surface area contributed by atoms with Gasteiger partial charge in [-0.1, -0.05) is 33.6 Å². The van der Waals surface area contributed by atoms with Crippen molar-refractivity contribution < 1.29 is 4.79 Å². The van der Waals surface area contributed by atoms with Gasteiger partial charge in [0.2, 0.25) is 5.91 Å².